The molecule has 1 aromatic carbocycles. The minimum atomic E-state index is 0.818. The van der Waals surface area contributed by atoms with E-state index in [2.05, 4.69) is 44.2 Å². The molecule has 0 heterocycles. The van der Waals surface area contributed by atoms with E-state index in [9.17, 15) is 0 Å². The zero-order chi connectivity index (χ0) is 22.4. The first kappa shape index (κ1) is 25.6. The monoisotopic (exact) mass is 436 g/mol. The molecule has 1 fully saturated rings. The third kappa shape index (κ3) is 8.72. The van der Waals surface area contributed by atoms with Gasteiger partial charge in [-0.2, -0.15) is 0 Å². The van der Waals surface area contributed by atoms with Crippen molar-refractivity contribution in [1.82, 2.24) is 0 Å². The van der Waals surface area contributed by atoms with Crippen LogP contribution in [0.1, 0.15) is 153 Å². The second-order valence-electron chi connectivity index (χ2n) is 11.1. The van der Waals surface area contributed by atoms with Crippen LogP contribution in [0.3, 0.4) is 0 Å². The maximum atomic E-state index is 2.57. The Labute approximate surface area is 200 Å². The molecule has 2 aliphatic rings. The molecular weight excluding hydrogens is 384 g/mol. The van der Waals surface area contributed by atoms with Crippen LogP contribution in [-0.2, 0) is 0 Å². The molecule has 3 rings (SSSR count). The van der Waals surface area contributed by atoms with Gasteiger partial charge in [0.05, 0.1) is 0 Å². The summed E-state index contributed by atoms with van der Waals surface area (Å²) in [5.74, 6) is 2.78. The number of allylic oxidation sites excluding steroid dienone is 2. The summed E-state index contributed by atoms with van der Waals surface area (Å²) in [6.45, 7) is 4.62. The SMILES string of the molecule is CCCCCCCCC1CC=C(c2ccc([C@H]3CC[C@H](CCCCCC)CC3)cc2)CC1. The van der Waals surface area contributed by atoms with Crippen LogP contribution in [0.15, 0.2) is 30.3 Å². The summed E-state index contributed by atoms with van der Waals surface area (Å²) < 4.78 is 0. The van der Waals surface area contributed by atoms with E-state index < -0.39 is 0 Å². The van der Waals surface area contributed by atoms with Gasteiger partial charge in [-0.05, 0) is 79.4 Å². The highest BCUT2D eigenvalue weighted by molar-refractivity contribution is 5.66. The van der Waals surface area contributed by atoms with Crippen molar-refractivity contribution in [3.8, 4) is 0 Å². The van der Waals surface area contributed by atoms with Gasteiger partial charge in [-0.3, -0.25) is 0 Å². The van der Waals surface area contributed by atoms with E-state index in [1.807, 2.05) is 0 Å². The minimum absolute atomic E-state index is 0.818. The first-order valence-corrected chi connectivity index (χ1v) is 14.6. The Kier molecular flexibility index (Phi) is 12.0. The highest BCUT2D eigenvalue weighted by Crippen LogP contribution is 2.39. The second kappa shape index (κ2) is 15.0. The number of rotatable bonds is 14. The third-order valence-electron chi connectivity index (χ3n) is 8.55. The van der Waals surface area contributed by atoms with Gasteiger partial charge in [-0.15, -0.1) is 0 Å². The maximum Gasteiger partial charge on any atom is -0.0162 e. The fourth-order valence-electron chi connectivity index (χ4n) is 6.24. The lowest BCUT2D eigenvalue weighted by Gasteiger charge is -2.29. The predicted molar refractivity (Wildman–Crippen MR) is 143 cm³/mol. The van der Waals surface area contributed by atoms with Gasteiger partial charge in [-0.25, -0.2) is 0 Å². The van der Waals surface area contributed by atoms with E-state index in [-0.39, 0.29) is 0 Å². The van der Waals surface area contributed by atoms with Gasteiger partial charge >= 0.3 is 0 Å². The van der Waals surface area contributed by atoms with E-state index >= 15 is 0 Å². The standard InChI is InChI=1S/C32H52/c1-3-5-7-9-10-12-14-28-17-21-30(22-18-28)32-25-23-31(24-26-32)29-19-15-27(16-20-29)13-11-8-6-4-2/h21,23-29H,3-20,22H2,1-2H3/t27-,28?,29-. The van der Waals surface area contributed by atoms with Gasteiger partial charge in [0.2, 0.25) is 0 Å². The molecule has 0 aromatic heterocycles. The minimum Gasteiger partial charge on any atom is -0.0804 e. The summed E-state index contributed by atoms with van der Waals surface area (Å²) in [7, 11) is 0. The Balaban J connectivity index is 1.36. The summed E-state index contributed by atoms with van der Waals surface area (Å²) >= 11 is 0. The fourth-order valence-corrected chi connectivity index (χ4v) is 6.24. The average molecular weight is 437 g/mol. The molecule has 180 valence electrons. The van der Waals surface area contributed by atoms with Crippen LogP contribution in [0, 0.1) is 11.8 Å². The molecule has 1 aromatic rings. The summed E-state index contributed by atoms with van der Waals surface area (Å²) in [6, 6.07) is 9.80. The molecule has 0 N–H and O–H groups in total. The second-order valence-corrected chi connectivity index (χ2v) is 11.1. The zero-order valence-electron chi connectivity index (χ0n) is 21.6. The van der Waals surface area contributed by atoms with Gasteiger partial charge in [0, 0.05) is 0 Å². The number of hydrogen-bond donors (Lipinski definition) is 0. The van der Waals surface area contributed by atoms with Gasteiger partial charge < -0.3 is 0 Å². The molecular formula is C32H52. The van der Waals surface area contributed by atoms with Crippen molar-refractivity contribution >= 4 is 5.57 Å². The first-order chi connectivity index (χ1) is 15.8. The van der Waals surface area contributed by atoms with E-state index in [1.54, 1.807) is 11.1 Å². The van der Waals surface area contributed by atoms with Crippen molar-refractivity contribution in [2.75, 3.05) is 0 Å². The lowest BCUT2D eigenvalue weighted by molar-refractivity contribution is 0.302. The lowest BCUT2D eigenvalue weighted by atomic mass is 9.76. The summed E-state index contributed by atoms with van der Waals surface area (Å²) in [6.07, 6.45) is 29.6. The average Bonchev–Trinajstić information content (AvgIpc) is 2.85. The van der Waals surface area contributed by atoms with Crippen molar-refractivity contribution in [3.05, 3.63) is 41.5 Å². The Bertz CT molecular complexity index is 629. The highest BCUT2D eigenvalue weighted by Gasteiger charge is 2.22. The van der Waals surface area contributed by atoms with Crippen LogP contribution in [-0.4, -0.2) is 0 Å². The Hall–Kier alpha value is -1.04. The topological polar surface area (TPSA) is 0 Å². The molecule has 0 amide bonds. The first-order valence-electron chi connectivity index (χ1n) is 14.6. The normalized spacial score (nSPS) is 23.8. The largest absolute Gasteiger partial charge is 0.0804 e. The van der Waals surface area contributed by atoms with Crippen LogP contribution in [0.5, 0.6) is 0 Å². The molecule has 0 spiro atoms. The molecule has 2 aliphatic carbocycles. The Morgan fingerprint density at radius 2 is 1.22 bits per heavy atom. The van der Waals surface area contributed by atoms with Gasteiger partial charge in [0.1, 0.15) is 0 Å². The predicted octanol–water partition coefficient (Wildman–Crippen LogP) is 10.9. The number of benzene rings is 1. The van der Waals surface area contributed by atoms with Crippen LogP contribution >= 0.6 is 0 Å². The Morgan fingerprint density at radius 3 is 1.84 bits per heavy atom. The summed E-state index contributed by atoms with van der Waals surface area (Å²) in [5, 5.41) is 0. The molecule has 1 unspecified atom stereocenters. The molecule has 1 saturated carbocycles. The molecule has 32 heavy (non-hydrogen) atoms. The zero-order valence-corrected chi connectivity index (χ0v) is 21.6. The molecule has 0 radical (unpaired) electrons. The van der Waals surface area contributed by atoms with E-state index in [1.165, 1.54) is 128 Å². The van der Waals surface area contributed by atoms with Crippen LogP contribution < -0.4 is 0 Å². The lowest BCUT2D eigenvalue weighted by Crippen LogP contribution is -2.13. The summed E-state index contributed by atoms with van der Waals surface area (Å²) in [4.78, 5) is 0. The van der Waals surface area contributed by atoms with E-state index in [0.717, 1.165) is 17.8 Å². The van der Waals surface area contributed by atoms with Crippen molar-refractivity contribution < 1.29 is 0 Å². The fraction of sp³-hybridized carbons (Fsp3) is 0.750. The van der Waals surface area contributed by atoms with Crippen LogP contribution in [0.4, 0.5) is 0 Å². The number of hydrogen-bond acceptors (Lipinski definition) is 0. The van der Waals surface area contributed by atoms with Gasteiger partial charge in [0.25, 0.3) is 0 Å². The summed E-state index contributed by atoms with van der Waals surface area (Å²) in [5.41, 5.74) is 4.72. The van der Waals surface area contributed by atoms with Crippen molar-refractivity contribution in [3.63, 3.8) is 0 Å². The third-order valence-corrected chi connectivity index (χ3v) is 8.55. The molecule has 0 saturated heterocycles. The van der Waals surface area contributed by atoms with E-state index in [0.29, 0.717) is 0 Å². The number of unbranched alkanes of at least 4 members (excludes halogenated alkanes) is 8. The molecule has 0 heteroatoms. The molecule has 0 nitrogen and oxygen atoms in total. The quantitative estimate of drug-likeness (QED) is 0.254. The smallest absolute Gasteiger partial charge is 0.0162 e. The maximum absolute atomic E-state index is 2.57. The van der Waals surface area contributed by atoms with Crippen molar-refractivity contribution in [2.24, 2.45) is 11.8 Å². The van der Waals surface area contributed by atoms with E-state index in [4.69, 9.17) is 0 Å². The molecule has 0 bridgehead atoms. The van der Waals surface area contributed by atoms with Crippen molar-refractivity contribution in [1.29, 1.82) is 0 Å². The van der Waals surface area contributed by atoms with Crippen LogP contribution in [0.2, 0.25) is 0 Å². The highest BCUT2D eigenvalue weighted by atomic mass is 14.3. The van der Waals surface area contributed by atoms with Crippen LogP contribution in [0.25, 0.3) is 5.57 Å². The Morgan fingerprint density at radius 1 is 0.625 bits per heavy atom. The van der Waals surface area contributed by atoms with Crippen molar-refractivity contribution in [2.45, 2.75) is 142 Å². The van der Waals surface area contributed by atoms with Gasteiger partial charge in [0.15, 0.2) is 0 Å². The van der Waals surface area contributed by atoms with Gasteiger partial charge in [-0.1, -0.05) is 121 Å². The molecule has 0 aliphatic heterocycles. The molecule has 1 atom stereocenters.